The largest absolute Gasteiger partial charge is 0.306 e. The zero-order valence-electron chi connectivity index (χ0n) is 12.2. The van der Waals surface area contributed by atoms with E-state index >= 15 is 0 Å². The summed E-state index contributed by atoms with van der Waals surface area (Å²) in [7, 11) is 1.95. The number of aromatic nitrogens is 2. The highest BCUT2D eigenvalue weighted by Crippen LogP contribution is 2.32. The Morgan fingerprint density at radius 1 is 1.42 bits per heavy atom. The monoisotopic (exact) mass is 279 g/mol. The highest BCUT2D eigenvalue weighted by atomic mass is 32.2. The van der Waals surface area contributed by atoms with E-state index < -0.39 is 0 Å². The summed E-state index contributed by atoms with van der Waals surface area (Å²) in [5, 5.41) is 5.47. The standard InChI is InChI=1S/C14H21N3OS/c1-9(2)14(18)17-6-7-19-13(17)8-12-10(3)15-16(5)11(12)4/h8-9H,6-7H2,1-5H3/b13-8+. The number of carbonyl (C=O) groups is 1. The molecule has 104 valence electrons. The molecule has 1 fully saturated rings. The number of aryl methyl sites for hydroxylation is 2. The SMILES string of the molecule is Cc1nn(C)c(C)c1/C=C1/SCCN1C(=O)C(C)C. The van der Waals surface area contributed by atoms with Crippen LogP contribution in [0.5, 0.6) is 0 Å². The molecule has 19 heavy (non-hydrogen) atoms. The molecular weight excluding hydrogens is 258 g/mol. The van der Waals surface area contributed by atoms with Gasteiger partial charge in [-0.2, -0.15) is 5.10 Å². The smallest absolute Gasteiger partial charge is 0.229 e. The van der Waals surface area contributed by atoms with Crippen molar-refractivity contribution < 1.29 is 4.79 Å². The van der Waals surface area contributed by atoms with Crippen LogP contribution in [0.3, 0.4) is 0 Å². The number of amides is 1. The molecule has 1 amide bonds. The summed E-state index contributed by atoms with van der Waals surface area (Å²) < 4.78 is 1.88. The van der Waals surface area contributed by atoms with Crippen molar-refractivity contribution in [3.63, 3.8) is 0 Å². The van der Waals surface area contributed by atoms with E-state index in [1.165, 1.54) is 0 Å². The van der Waals surface area contributed by atoms with Crippen LogP contribution < -0.4 is 0 Å². The third-order valence-corrected chi connectivity index (χ3v) is 4.44. The van der Waals surface area contributed by atoms with Crippen molar-refractivity contribution in [1.29, 1.82) is 0 Å². The third kappa shape index (κ3) is 2.71. The van der Waals surface area contributed by atoms with Crippen molar-refractivity contribution in [3.05, 3.63) is 22.0 Å². The molecule has 0 N–H and O–H groups in total. The van der Waals surface area contributed by atoms with Crippen LogP contribution in [0.4, 0.5) is 0 Å². The number of hydrogen-bond donors (Lipinski definition) is 0. The summed E-state index contributed by atoms with van der Waals surface area (Å²) in [6, 6.07) is 0. The molecular formula is C14H21N3OS. The first-order chi connectivity index (χ1) is 8.91. The lowest BCUT2D eigenvalue weighted by atomic mass is 10.1. The zero-order valence-corrected chi connectivity index (χ0v) is 13.0. The van der Waals surface area contributed by atoms with Crippen LogP contribution >= 0.6 is 11.8 Å². The van der Waals surface area contributed by atoms with Crippen LogP contribution in [0.15, 0.2) is 5.03 Å². The van der Waals surface area contributed by atoms with Crippen molar-refractivity contribution in [1.82, 2.24) is 14.7 Å². The van der Waals surface area contributed by atoms with Gasteiger partial charge in [0.05, 0.1) is 10.7 Å². The van der Waals surface area contributed by atoms with Crippen LogP contribution in [0.2, 0.25) is 0 Å². The molecule has 0 spiro atoms. The summed E-state index contributed by atoms with van der Waals surface area (Å²) in [6.07, 6.45) is 2.11. The summed E-state index contributed by atoms with van der Waals surface area (Å²) in [4.78, 5) is 14.1. The van der Waals surface area contributed by atoms with Crippen molar-refractivity contribution in [2.45, 2.75) is 27.7 Å². The molecule has 1 aromatic rings. The van der Waals surface area contributed by atoms with E-state index in [0.717, 1.165) is 34.3 Å². The Bertz CT molecular complexity index is 531. The number of rotatable bonds is 2. The van der Waals surface area contributed by atoms with E-state index in [1.54, 1.807) is 11.8 Å². The Balaban J connectivity index is 2.34. The molecule has 1 aliphatic heterocycles. The molecule has 1 saturated heterocycles. The van der Waals surface area contributed by atoms with Gasteiger partial charge in [0, 0.05) is 36.5 Å². The predicted octanol–water partition coefficient (Wildman–Crippen LogP) is 2.57. The molecule has 1 aliphatic rings. The zero-order chi connectivity index (χ0) is 14.2. The van der Waals surface area contributed by atoms with Gasteiger partial charge in [-0.05, 0) is 19.9 Å². The average Bonchev–Trinajstić information content (AvgIpc) is 2.89. The van der Waals surface area contributed by atoms with Crippen LogP contribution in [-0.2, 0) is 11.8 Å². The topological polar surface area (TPSA) is 38.1 Å². The van der Waals surface area contributed by atoms with Gasteiger partial charge in [0.15, 0.2) is 0 Å². The summed E-state index contributed by atoms with van der Waals surface area (Å²) in [5.41, 5.74) is 3.28. The molecule has 4 nitrogen and oxygen atoms in total. The molecule has 0 radical (unpaired) electrons. The van der Waals surface area contributed by atoms with Crippen LogP contribution in [0.25, 0.3) is 6.08 Å². The van der Waals surface area contributed by atoms with E-state index in [9.17, 15) is 4.79 Å². The van der Waals surface area contributed by atoms with E-state index in [0.29, 0.717) is 0 Å². The first-order valence-corrected chi connectivity index (χ1v) is 7.56. The van der Waals surface area contributed by atoms with Gasteiger partial charge in [-0.25, -0.2) is 0 Å². The maximum Gasteiger partial charge on any atom is 0.229 e. The minimum atomic E-state index is 0.0400. The van der Waals surface area contributed by atoms with E-state index in [2.05, 4.69) is 18.1 Å². The quantitative estimate of drug-likeness (QED) is 0.835. The van der Waals surface area contributed by atoms with Gasteiger partial charge in [0.25, 0.3) is 0 Å². The highest BCUT2D eigenvalue weighted by Gasteiger charge is 2.26. The number of carbonyl (C=O) groups excluding carboxylic acids is 1. The Labute approximate surface area is 118 Å². The van der Waals surface area contributed by atoms with E-state index in [-0.39, 0.29) is 11.8 Å². The van der Waals surface area contributed by atoms with Gasteiger partial charge < -0.3 is 4.90 Å². The minimum Gasteiger partial charge on any atom is -0.306 e. The lowest BCUT2D eigenvalue weighted by Gasteiger charge is -2.19. The molecule has 0 bridgehead atoms. The maximum absolute atomic E-state index is 12.2. The van der Waals surface area contributed by atoms with Crippen LogP contribution in [0.1, 0.15) is 30.8 Å². The minimum absolute atomic E-state index is 0.0400. The molecule has 2 heterocycles. The normalized spacial score (nSPS) is 17.8. The maximum atomic E-state index is 12.2. The molecule has 5 heteroatoms. The molecule has 0 unspecified atom stereocenters. The first-order valence-electron chi connectivity index (χ1n) is 6.58. The van der Waals surface area contributed by atoms with Gasteiger partial charge in [-0.15, -0.1) is 11.8 Å². The van der Waals surface area contributed by atoms with Gasteiger partial charge in [-0.1, -0.05) is 13.8 Å². The predicted molar refractivity (Wildman–Crippen MR) is 79.7 cm³/mol. The number of nitrogens with zero attached hydrogens (tertiary/aromatic N) is 3. The van der Waals surface area contributed by atoms with Gasteiger partial charge in [0.1, 0.15) is 0 Å². The van der Waals surface area contributed by atoms with Gasteiger partial charge in [0.2, 0.25) is 5.91 Å². The molecule has 0 atom stereocenters. The second-order valence-corrected chi connectivity index (χ2v) is 6.30. The lowest BCUT2D eigenvalue weighted by molar-refractivity contribution is -0.131. The second kappa shape index (κ2) is 5.41. The van der Waals surface area contributed by atoms with Gasteiger partial charge in [-0.3, -0.25) is 9.48 Å². The van der Waals surface area contributed by atoms with Crippen molar-refractivity contribution in [2.24, 2.45) is 13.0 Å². The Kier molecular flexibility index (Phi) is 4.04. The second-order valence-electron chi connectivity index (χ2n) is 5.18. The Morgan fingerprint density at radius 2 is 2.11 bits per heavy atom. The van der Waals surface area contributed by atoms with Crippen molar-refractivity contribution >= 4 is 23.7 Å². The molecule has 0 saturated carbocycles. The number of thioether (sulfide) groups is 1. The van der Waals surface area contributed by atoms with Crippen molar-refractivity contribution in [2.75, 3.05) is 12.3 Å². The van der Waals surface area contributed by atoms with E-state index in [4.69, 9.17) is 0 Å². The summed E-state index contributed by atoms with van der Waals surface area (Å²) >= 11 is 1.75. The fourth-order valence-electron chi connectivity index (χ4n) is 2.20. The molecule has 1 aromatic heterocycles. The fourth-order valence-corrected chi connectivity index (χ4v) is 3.22. The lowest BCUT2D eigenvalue weighted by Crippen LogP contribution is -2.30. The molecule has 0 aromatic carbocycles. The highest BCUT2D eigenvalue weighted by molar-refractivity contribution is 8.03. The molecule has 0 aliphatic carbocycles. The third-order valence-electron chi connectivity index (χ3n) is 3.42. The Morgan fingerprint density at radius 3 is 2.63 bits per heavy atom. The van der Waals surface area contributed by atoms with Crippen LogP contribution in [0, 0.1) is 19.8 Å². The summed E-state index contributed by atoms with van der Waals surface area (Å²) in [6.45, 7) is 8.77. The number of hydrogen-bond acceptors (Lipinski definition) is 3. The van der Waals surface area contributed by atoms with Crippen molar-refractivity contribution in [3.8, 4) is 0 Å². The van der Waals surface area contributed by atoms with E-state index in [1.807, 2.05) is 37.4 Å². The van der Waals surface area contributed by atoms with Crippen LogP contribution in [-0.4, -0.2) is 32.9 Å². The summed E-state index contributed by atoms with van der Waals surface area (Å²) in [5.74, 6) is 1.22. The fraction of sp³-hybridized carbons (Fsp3) is 0.571. The molecule has 2 rings (SSSR count). The first kappa shape index (κ1) is 14.2. The van der Waals surface area contributed by atoms with Gasteiger partial charge >= 0.3 is 0 Å². The average molecular weight is 279 g/mol. The Hall–Kier alpha value is -1.23.